The van der Waals surface area contributed by atoms with E-state index >= 15 is 0 Å². The Morgan fingerprint density at radius 3 is 2.63 bits per heavy atom. The molecule has 0 heterocycles. The fourth-order valence-electron chi connectivity index (χ4n) is 2.08. The molecule has 1 aromatic rings. The minimum atomic E-state index is 0.498. The van der Waals surface area contributed by atoms with Gasteiger partial charge in [0.25, 0.3) is 0 Å². The van der Waals surface area contributed by atoms with Gasteiger partial charge in [-0.05, 0) is 18.9 Å². The minimum absolute atomic E-state index is 0.498. The Hall–Kier alpha value is -1.02. The van der Waals surface area contributed by atoms with Gasteiger partial charge in [0, 0.05) is 18.2 Å². The highest BCUT2D eigenvalue weighted by Gasteiger charge is 2.07. The van der Waals surface area contributed by atoms with Crippen molar-refractivity contribution in [2.75, 3.05) is 6.61 Å². The number of hydrogen-bond acceptors (Lipinski definition) is 2. The summed E-state index contributed by atoms with van der Waals surface area (Å²) in [4.78, 5) is 0. The quantitative estimate of drug-likeness (QED) is 0.664. The summed E-state index contributed by atoms with van der Waals surface area (Å²) in [5.41, 5.74) is 2.50. The van der Waals surface area contributed by atoms with E-state index in [0.29, 0.717) is 6.04 Å². The van der Waals surface area contributed by atoms with Crippen molar-refractivity contribution in [3.05, 3.63) is 29.3 Å². The van der Waals surface area contributed by atoms with E-state index in [1.807, 2.05) is 0 Å². The maximum Gasteiger partial charge on any atom is 0.126 e. The summed E-state index contributed by atoms with van der Waals surface area (Å²) >= 11 is 0. The summed E-state index contributed by atoms with van der Waals surface area (Å²) in [6.45, 7) is 10.4. The van der Waals surface area contributed by atoms with Gasteiger partial charge in [-0.25, -0.2) is 0 Å². The van der Waals surface area contributed by atoms with Gasteiger partial charge in [0.1, 0.15) is 5.75 Å². The van der Waals surface area contributed by atoms with Crippen LogP contribution in [0.4, 0.5) is 0 Å². The van der Waals surface area contributed by atoms with Crippen molar-refractivity contribution in [3.63, 3.8) is 0 Å². The Balaban J connectivity index is 2.54. The summed E-state index contributed by atoms with van der Waals surface area (Å²) in [5.74, 6) is 1.08. The zero-order valence-electron chi connectivity index (χ0n) is 13.0. The lowest BCUT2D eigenvalue weighted by atomic mass is 10.1. The van der Waals surface area contributed by atoms with Crippen LogP contribution in [0.2, 0.25) is 0 Å². The van der Waals surface area contributed by atoms with Crippen LogP contribution in [0, 0.1) is 6.92 Å². The molecule has 108 valence electrons. The predicted molar refractivity (Wildman–Crippen MR) is 82.8 cm³/mol. The number of benzene rings is 1. The Morgan fingerprint density at radius 1 is 1.16 bits per heavy atom. The molecule has 0 spiro atoms. The molecule has 0 aliphatic heterocycles. The van der Waals surface area contributed by atoms with Gasteiger partial charge in [0.15, 0.2) is 0 Å². The molecule has 2 heteroatoms. The Labute approximate surface area is 118 Å². The molecule has 1 rings (SSSR count). The van der Waals surface area contributed by atoms with Crippen molar-refractivity contribution in [2.24, 2.45) is 0 Å². The second-order valence-corrected chi connectivity index (χ2v) is 5.51. The number of rotatable bonds is 9. The first kappa shape index (κ1) is 16.0. The average Bonchev–Trinajstić information content (AvgIpc) is 2.38. The zero-order chi connectivity index (χ0) is 14.1. The molecule has 1 aromatic carbocycles. The highest BCUT2D eigenvalue weighted by Crippen LogP contribution is 2.23. The monoisotopic (exact) mass is 263 g/mol. The molecule has 1 N–H and O–H groups in total. The van der Waals surface area contributed by atoms with E-state index in [1.165, 1.54) is 30.4 Å². The number of hydrogen-bond donors (Lipinski definition) is 1. The van der Waals surface area contributed by atoms with E-state index in [1.54, 1.807) is 0 Å². The standard InChI is InChI=1S/C17H29NO/c1-5-6-7-8-12-19-17-15(4)10-9-11-16(17)13-18-14(2)3/h9-11,14,18H,5-8,12-13H2,1-4H3. The second kappa shape index (κ2) is 8.98. The summed E-state index contributed by atoms with van der Waals surface area (Å²) in [7, 11) is 0. The van der Waals surface area contributed by atoms with E-state index in [9.17, 15) is 0 Å². The third-order valence-electron chi connectivity index (χ3n) is 3.24. The molecule has 0 fully saturated rings. The van der Waals surface area contributed by atoms with Gasteiger partial charge >= 0.3 is 0 Å². The van der Waals surface area contributed by atoms with E-state index in [-0.39, 0.29) is 0 Å². The van der Waals surface area contributed by atoms with Crippen molar-refractivity contribution < 1.29 is 4.74 Å². The SMILES string of the molecule is CCCCCCOc1c(C)cccc1CNC(C)C. The van der Waals surface area contributed by atoms with Gasteiger partial charge in [-0.1, -0.05) is 58.2 Å². The lowest BCUT2D eigenvalue weighted by Gasteiger charge is -2.16. The Morgan fingerprint density at radius 2 is 1.95 bits per heavy atom. The van der Waals surface area contributed by atoms with Gasteiger partial charge in [-0.2, -0.15) is 0 Å². The molecular formula is C17H29NO. The molecule has 19 heavy (non-hydrogen) atoms. The average molecular weight is 263 g/mol. The molecule has 0 saturated carbocycles. The highest BCUT2D eigenvalue weighted by atomic mass is 16.5. The van der Waals surface area contributed by atoms with E-state index in [4.69, 9.17) is 4.74 Å². The van der Waals surface area contributed by atoms with Crippen LogP contribution >= 0.6 is 0 Å². The van der Waals surface area contributed by atoms with Gasteiger partial charge in [-0.3, -0.25) is 0 Å². The Bertz CT molecular complexity index is 360. The first-order valence-corrected chi connectivity index (χ1v) is 7.59. The molecule has 0 radical (unpaired) electrons. The predicted octanol–water partition coefficient (Wildman–Crippen LogP) is 4.45. The summed E-state index contributed by atoms with van der Waals surface area (Å²) in [6, 6.07) is 6.89. The minimum Gasteiger partial charge on any atom is -0.493 e. The number of para-hydroxylation sites is 1. The van der Waals surface area contributed by atoms with Gasteiger partial charge in [-0.15, -0.1) is 0 Å². The molecule has 0 aliphatic carbocycles. The van der Waals surface area contributed by atoms with E-state index in [2.05, 4.69) is 51.2 Å². The van der Waals surface area contributed by atoms with Crippen molar-refractivity contribution in [3.8, 4) is 5.75 Å². The van der Waals surface area contributed by atoms with Crippen LogP contribution in [0.15, 0.2) is 18.2 Å². The highest BCUT2D eigenvalue weighted by molar-refractivity contribution is 5.40. The van der Waals surface area contributed by atoms with Gasteiger partial charge in [0.2, 0.25) is 0 Å². The summed E-state index contributed by atoms with van der Waals surface area (Å²) < 4.78 is 6.01. The van der Waals surface area contributed by atoms with Crippen molar-refractivity contribution >= 4 is 0 Å². The molecule has 0 aliphatic rings. The molecule has 0 unspecified atom stereocenters. The number of ether oxygens (including phenoxy) is 1. The van der Waals surface area contributed by atoms with Crippen molar-refractivity contribution in [2.45, 2.75) is 66.0 Å². The van der Waals surface area contributed by atoms with Crippen molar-refractivity contribution in [1.82, 2.24) is 5.32 Å². The first-order chi connectivity index (χ1) is 9.15. The molecule has 2 nitrogen and oxygen atoms in total. The molecular weight excluding hydrogens is 234 g/mol. The smallest absolute Gasteiger partial charge is 0.126 e. The van der Waals surface area contributed by atoms with Crippen LogP contribution in [0.5, 0.6) is 5.75 Å². The van der Waals surface area contributed by atoms with E-state index < -0.39 is 0 Å². The topological polar surface area (TPSA) is 21.3 Å². The fourth-order valence-corrected chi connectivity index (χ4v) is 2.08. The summed E-state index contributed by atoms with van der Waals surface area (Å²) in [5, 5.41) is 3.46. The zero-order valence-corrected chi connectivity index (χ0v) is 13.0. The van der Waals surface area contributed by atoms with Crippen LogP contribution < -0.4 is 10.1 Å². The third-order valence-corrected chi connectivity index (χ3v) is 3.24. The fraction of sp³-hybridized carbons (Fsp3) is 0.647. The first-order valence-electron chi connectivity index (χ1n) is 7.59. The second-order valence-electron chi connectivity index (χ2n) is 5.51. The largest absolute Gasteiger partial charge is 0.493 e. The van der Waals surface area contributed by atoms with Crippen LogP contribution in [0.1, 0.15) is 57.6 Å². The molecule has 0 saturated heterocycles. The van der Waals surface area contributed by atoms with Crippen molar-refractivity contribution in [1.29, 1.82) is 0 Å². The number of unbranched alkanes of at least 4 members (excludes halogenated alkanes) is 3. The maximum absolute atomic E-state index is 6.01. The van der Waals surface area contributed by atoms with Gasteiger partial charge < -0.3 is 10.1 Å². The third kappa shape index (κ3) is 6.11. The summed E-state index contributed by atoms with van der Waals surface area (Å²) in [6.07, 6.45) is 4.99. The number of nitrogens with one attached hydrogen (secondary N) is 1. The lowest BCUT2D eigenvalue weighted by Crippen LogP contribution is -2.22. The maximum atomic E-state index is 6.01. The molecule has 0 aromatic heterocycles. The molecule has 0 bridgehead atoms. The van der Waals surface area contributed by atoms with Crippen LogP contribution in [-0.4, -0.2) is 12.6 Å². The molecule has 0 atom stereocenters. The van der Waals surface area contributed by atoms with Gasteiger partial charge in [0.05, 0.1) is 6.61 Å². The molecule has 0 amide bonds. The van der Waals surface area contributed by atoms with Crippen LogP contribution in [0.3, 0.4) is 0 Å². The number of aryl methyl sites for hydroxylation is 1. The van der Waals surface area contributed by atoms with E-state index in [0.717, 1.165) is 25.3 Å². The lowest BCUT2D eigenvalue weighted by molar-refractivity contribution is 0.299. The Kier molecular flexibility index (Phi) is 7.57. The van der Waals surface area contributed by atoms with Crippen LogP contribution in [0.25, 0.3) is 0 Å². The normalized spacial score (nSPS) is 11.0. The van der Waals surface area contributed by atoms with Crippen LogP contribution in [-0.2, 0) is 6.54 Å².